The number of esters is 1. The van der Waals surface area contributed by atoms with Crippen molar-refractivity contribution < 1.29 is 23.0 Å². The zero-order valence-electron chi connectivity index (χ0n) is 9.09. The van der Waals surface area contributed by atoms with Crippen molar-refractivity contribution in [3.8, 4) is 0 Å². The summed E-state index contributed by atoms with van der Waals surface area (Å²) in [5.74, 6) is -0.471. The standard InChI is InChI=1S/C10H17F2NO3/c11-9(12)3-6-15-7-10(14)16-8-1-4-13-5-2-8/h8-9,13H,1-7H2. The second-order valence-corrected chi connectivity index (χ2v) is 3.67. The number of alkyl halides is 2. The van der Waals surface area contributed by atoms with E-state index in [-0.39, 0.29) is 25.7 Å². The summed E-state index contributed by atoms with van der Waals surface area (Å²) in [5.41, 5.74) is 0. The van der Waals surface area contributed by atoms with Gasteiger partial charge in [0.15, 0.2) is 0 Å². The van der Waals surface area contributed by atoms with Gasteiger partial charge >= 0.3 is 5.97 Å². The highest BCUT2D eigenvalue weighted by atomic mass is 19.3. The van der Waals surface area contributed by atoms with E-state index in [1.165, 1.54) is 0 Å². The molecule has 16 heavy (non-hydrogen) atoms. The van der Waals surface area contributed by atoms with E-state index in [0.717, 1.165) is 25.9 Å². The minimum Gasteiger partial charge on any atom is -0.461 e. The van der Waals surface area contributed by atoms with Crippen LogP contribution in [0.5, 0.6) is 0 Å². The predicted octanol–water partition coefficient (Wildman–Crippen LogP) is 0.953. The number of halogens is 2. The van der Waals surface area contributed by atoms with Crippen molar-refractivity contribution in [2.24, 2.45) is 0 Å². The number of carbonyl (C=O) groups excluding carboxylic acids is 1. The lowest BCUT2D eigenvalue weighted by Gasteiger charge is -2.22. The molecule has 0 spiro atoms. The fourth-order valence-corrected chi connectivity index (χ4v) is 1.46. The van der Waals surface area contributed by atoms with Crippen LogP contribution in [0.1, 0.15) is 19.3 Å². The summed E-state index contributed by atoms with van der Waals surface area (Å²) in [4.78, 5) is 11.2. The van der Waals surface area contributed by atoms with Crippen LogP contribution in [0.4, 0.5) is 8.78 Å². The number of carbonyl (C=O) groups is 1. The van der Waals surface area contributed by atoms with Gasteiger partial charge in [-0.05, 0) is 25.9 Å². The van der Waals surface area contributed by atoms with Crippen molar-refractivity contribution in [3.05, 3.63) is 0 Å². The van der Waals surface area contributed by atoms with E-state index >= 15 is 0 Å². The minimum atomic E-state index is -2.39. The fraction of sp³-hybridized carbons (Fsp3) is 0.900. The Morgan fingerprint density at radius 3 is 2.69 bits per heavy atom. The van der Waals surface area contributed by atoms with Gasteiger partial charge in [0.1, 0.15) is 12.7 Å². The van der Waals surface area contributed by atoms with Crippen LogP contribution >= 0.6 is 0 Å². The summed E-state index contributed by atoms with van der Waals surface area (Å²) < 4.78 is 33.3. The highest BCUT2D eigenvalue weighted by Crippen LogP contribution is 2.07. The molecule has 1 rings (SSSR count). The molecule has 1 aliphatic rings. The summed E-state index contributed by atoms with van der Waals surface area (Å²) in [6.45, 7) is 1.32. The van der Waals surface area contributed by atoms with E-state index in [9.17, 15) is 13.6 Å². The third-order valence-electron chi connectivity index (χ3n) is 2.28. The van der Waals surface area contributed by atoms with Gasteiger partial charge < -0.3 is 14.8 Å². The summed E-state index contributed by atoms with van der Waals surface area (Å²) in [6, 6.07) is 0. The topological polar surface area (TPSA) is 47.6 Å². The first kappa shape index (κ1) is 13.3. The Bertz CT molecular complexity index is 208. The molecule has 0 aromatic rings. The van der Waals surface area contributed by atoms with Gasteiger partial charge in [0.2, 0.25) is 6.43 Å². The van der Waals surface area contributed by atoms with Crippen molar-refractivity contribution in [2.75, 3.05) is 26.3 Å². The molecule has 1 heterocycles. The predicted molar refractivity (Wildman–Crippen MR) is 53.4 cm³/mol. The number of hydrogen-bond donors (Lipinski definition) is 1. The second kappa shape index (κ2) is 7.51. The van der Waals surface area contributed by atoms with Crippen LogP contribution in [0, 0.1) is 0 Å². The zero-order valence-corrected chi connectivity index (χ0v) is 9.09. The van der Waals surface area contributed by atoms with Gasteiger partial charge in [-0.3, -0.25) is 0 Å². The third-order valence-corrected chi connectivity index (χ3v) is 2.28. The van der Waals surface area contributed by atoms with E-state index in [2.05, 4.69) is 5.32 Å². The van der Waals surface area contributed by atoms with Gasteiger partial charge in [-0.25, -0.2) is 13.6 Å². The van der Waals surface area contributed by atoms with Crippen LogP contribution in [-0.4, -0.2) is 44.8 Å². The van der Waals surface area contributed by atoms with Crippen LogP contribution in [0.2, 0.25) is 0 Å². The number of rotatable bonds is 6. The van der Waals surface area contributed by atoms with Crippen molar-refractivity contribution in [3.63, 3.8) is 0 Å². The quantitative estimate of drug-likeness (QED) is 0.552. The molecule has 0 aromatic heterocycles. The molecular weight excluding hydrogens is 220 g/mol. The van der Waals surface area contributed by atoms with Crippen LogP contribution in [-0.2, 0) is 14.3 Å². The molecule has 4 nitrogen and oxygen atoms in total. The molecule has 94 valence electrons. The summed E-state index contributed by atoms with van der Waals surface area (Å²) in [7, 11) is 0. The number of piperidine rings is 1. The molecule has 0 unspecified atom stereocenters. The lowest BCUT2D eigenvalue weighted by Crippen LogP contribution is -2.34. The Morgan fingerprint density at radius 1 is 1.38 bits per heavy atom. The molecule has 0 amide bonds. The Labute approximate surface area is 93.3 Å². The van der Waals surface area contributed by atoms with Crippen LogP contribution < -0.4 is 5.32 Å². The smallest absolute Gasteiger partial charge is 0.332 e. The SMILES string of the molecule is O=C(COCCC(F)F)OC1CCNCC1. The van der Waals surface area contributed by atoms with Crippen molar-refractivity contribution in [1.29, 1.82) is 0 Å². The van der Waals surface area contributed by atoms with Gasteiger partial charge in [0.05, 0.1) is 6.61 Å². The maximum absolute atomic E-state index is 11.7. The van der Waals surface area contributed by atoms with E-state index in [0.29, 0.717) is 0 Å². The molecule has 0 saturated carbocycles. The summed E-state index contributed by atoms with van der Waals surface area (Å²) in [6.07, 6.45) is -1.21. The van der Waals surface area contributed by atoms with Gasteiger partial charge in [0.25, 0.3) is 0 Å². The molecule has 1 N–H and O–H groups in total. The van der Waals surface area contributed by atoms with Gasteiger partial charge in [0, 0.05) is 6.42 Å². The average molecular weight is 237 g/mol. The normalized spacial score (nSPS) is 17.7. The van der Waals surface area contributed by atoms with E-state index < -0.39 is 12.4 Å². The lowest BCUT2D eigenvalue weighted by molar-refractivity contribution is -0.155. The first-order chi connectivity index (χ1) is 7.68. The monoisotopic (exact) mass is 237 g/mol. The third kappa shape index (κ3) is 5.97. The average Bonchev–Trinajstić information content (AvgIpc) is 2.25. The number of ether oxygens (including phenoxy) is 2. The molecule has 1 fully saturated rings. The molecule has 0 bridgehead atoms. The molecule has 0 aromatic carbocycles. The van der Waals surface area contributed by atoms with Crippen LogP contribution in [0.25, 0.3) is 0 Å². The van der Waals surface area contributed by atoms with E-state index in [4.69, 9.17) is 9.47 Å². The largest absolute Gasteiger partial charge is 0.461 e. The first-order valence-electron chi connectivity index (χ1n) is 5.44. The van der Waals surface area contributed by atoms with E-state index in [1.54, 1.807) is 0 Å². The molecular formula is C10H17F2NO3. The Balaban J connectivity index is 2.01. The first-order valence-corrected chi connectivity index (χ1v) is 5.44. The van der Waals surface area contributed by atoms with Crippen molar-refractivity contribution >= 4 is 5.97 Å². The Kier molecular flexibility index (Phi) is 6.25. The highest BCUT2D eigenvalue weighted by molar-refractivity contribution is 5.70. The number of nitrogens with one attached hydrogen (secondary N) is 1. The van der Waals surface area contributed by atoms with Gasteiger partial charge in [-0.15, -0.1) is 0 Å². The maximum atomic E-state index is 11.7. The van der Waals surface area contributed by atoms with Crippen molar-refractivity contribution in [1.82, 2.24) is 5.32 Å². The van der Waals surface area contributed by atoms with Crippen molar-refractivity contribution in [2.45, 2.75) is 31.8 Å². The van der Waals surface area contributed by atoms with Gasteiger partial charge in [-0.2, -0.15) is 0 Å². The zero-order chi connectivity index (χ0) is 11.8. The Morgan fingerprint density at radius 2 is 2.06 bits per heavy atom. The Hall–Kier alpha value is -0.750. The molecule has 1 aliphatic heterocycles. The lowest BCUT2D eigenvalue weighted by atomic mass is 10.1. The molecule has 0 aliphatic carbocycles. The second-order valence-electron chi connectivity index (χ2n) is 3.67. The minimum absolute atomic E-state index is 0.0625. The molecule has 6 heteroatoms. The molecule has 0 atom stereocenters. The summed E-state index contributed by atoms with van der Waals surface area (Å²) in [5, 5.41) is 3.15. The number of hydrogen-bond acceptors (Lipinski definition) is 4. The van der Waals surface area contributed by atoms with E-state index in [1.807, 2.05) is 0 Å². The van der Waals surface area contributed by atoms with Crippen LogP contribution in [0.15, 0.2) is 0 Å². The fourth-order valence-electron chi connectivity index (χ4n) is 1.46. The summed E-state index contributed by atoms with van der Waals surface area (Å²) >= 11 is 0. The molecule has 0 radical (unpaired) electrons. The highest BCUT2D eigenvalue weighted by Gasteiger charge is 2.17. The van der Waals surface area contributed by atoms with Crippen LogP contribution in [0.3, 0.4) is 0 Å². The molecule has 1 saturated heterocycles. The van der Waals surface area contributed by atoms with Gasteiger partial charge in [-0.1, -0.05) is 0 Å². The maximum Gasteiger partial charge on any atom is 0.332 e.